The van der Waals surface area contributed by atoms with Gasteiger partial charge in [-0.3, -0.25) is 4.79 Å². The average molecular weight is 496 g/mol. The largest absolute Gasteiger partial charge is 0.381 e. The molecular formula is C18H27F2IN4O2. The molecule has 1 atom stereocenters. The van der Waals surface area contributed by atoms with E-state index in [9.17, 15) is 13.6 Å². The van der Waals surface area contributed by atoms with Crippen LogP contribution in [-0.2, 0) is 16.0 Å². The van der Waals surface area contributed by atoms with Gasteiger partial charge in [-0.25, -0.2) is 13.8 Å². The lowest BCUT2D eigenvalue weighted by atomic mass is 10.1. The van der Waals surface area contributed by atoms with E-state index in [0.717, 1.165) is 25.2 Å². The van der Waals surface area contributed by atoms with E-state index in [1.165, 1.54) is 11.0 Å². The smallest absolute Gasteiger partial charge is 0.243 e. The summed E-state index contributed by atoms with van der Waals surface area (Å²) in [6, 6.07) is 3.40. The van der Waals surface area contributed by atoms with Crippen molar-refractivity contribution in [1.82, 2.24) is 15.5 Å². The highest BCUT2D eigenvalue weighted by atomic mass is 127. The van der Waals surface area contributed by atoms with Crippen molar-refractivity contribution < 1.29 is 18.3 Å². The summed E-state index contributed by atoms with van der Waals surface area (Å²) in [5.74, 6) is -0.153. The zero-order chi connectivity index (χ0) is 18.9. The van der Waals surface area contributed by atoms with Crippen molar-refractivity contribution in [2.24, 2.45) is 10.9 Å². The van der Waals surface area contributed by atoms with Crippen molar-refractivity contribution in [3.63, 3.8) is 0 Å². The first-order valence-corrected chi connectivity index (χ1v) is 8.69. The lowest BCUT2D eigenvalue weighted by molar-refractivity contribution is -0.127. The summed E-state index contributed by atoms with van der Waals surface area (Å²) in [5, 5.41) is 6.26. The molecule has 0 saturated carbocycles. The second-order valence-electron chi connectivity index (χ2n) is 6.48. The fraction of sp³-hybridized carbons (Fsp3) is 0.556. The van der Waals surface area contributed by atoms with Crippen LogP contribution in [0.5, 0.6) is 0 Å². The van der Waals surface area contributed by atoms with E-state index in [2.05, 4.69) is 15.6 Å². The molecule has 0 radical (unpaired) electrons. The first kappa shape index (κ1) is 23.5. The van der Waals surface area contributed by atoms with Gasteiger partial charge in [-0.15, -0.1) is 24.0 Å². The normalized spacial score (nSPS) is 16.6. The van der Waals surface area contributed by atoms with Gasteiger partial charge in [-0.2, -0.15) is 0 Å². The highest BCUT2D eigenvalue weighted by Gasteiger charge is 2.16. The van der Waals surface area contributed by atoms with Gasteiger partial charge in [0, 0.05) is 39.7 Å². The minimum Gasteiger partial charge on any atom is -0.381 e. The third-order valence-electron chi connectivity index (χ3n) is 4.15. The molecule has 1 unspecified atom stereocenters. The fourth-order valence-electron chi connectivity index (χ4n) is 2.50. The minimum absolute atomic E-state index is 0. The van der Waals surface area contributed by atoms with E-state index in [4.69, 9.17) is 4.74 Å². The number of nitrogens with zero attached hydrogens (tertiary/aromatic N) is 2. The number of carbonyl (C=O) groups excluding carboxylic acids is 1. The minimum atomic E-state index is -0.466. The molecule has 1 fully saturated rings. The number of carbonyl (C=O) groups is 1. The van der Waals surface area contributed by atoms with Gasteiger partial charge in [-0.05, 0) is 36.6 Å². The molecule has 0 bridgehead atoms. The van der Waals surface area contributed by atoms with Crippen molar-refractivity contribution in [2.45, 2.75) is 12.8 Å². The van der Waals surface area contributed by atoms with Gasteiger partial charge in [-0.1, -0.05) is 0 Å². The number of rotatable bonds is 7. The van der Waals surface area contributed by atoms with Crippen molar-refractivity contribution in [3.05, 3.63) is 35.4 Å². The van der Waals surface area contributed by atoms with Crippen LogP contribution in [0, 0.1) is 17.6 Å². The molecule has 1 amide bonds. The average Bonchev–Trinajstić information content (AvgIpc) is 3.12. The Morgan fingerprint density at radius 1 is 1.33 bits per heavy atom. The van der Waals surface area contributed by atoms with E-state index in [0.29, 0.717) is 43.6 Å². The number of guanidine groups is 1. The summed E-state index contributed by atoms with van der Waals surface area (Å²) >= 11 is 0. The Hall–Kier alpha value is -1.49. The van der Waals surface area contributed by atoms with Crippen LogP contribution in [0.3, 0.4) is 0 Å². The molecule has 1 heterocycles. The standard InChI is InChI=1S/C18H26F2N4O2.HI/c1-24(2)17(25)11-23-18(22-10-13-6-8-26-12-13)21-7-5-14-9-15(19)3-4-16(14)20;/h3-4,9,13H,5-8,10-12H2,1-2H3,(H2,21,22,23);1H. The number of amides is 1. The monoisotopic (exact) mass is 496 g/mol. The molecule has 1 aromatic rings. The van der Waals surface area contributed by atoms with Gasteiger partial charge in [0.1, 0.15) is 18.2 Å². The molecule has 2 N–H and O–H groups in total. The second-order valence-corrected chi connectivity index (χ2v) is 6.48. The molecule has 1 aliphatic rings. The number of halogens is 3. The van der Waals surface area contributed by atoms with E-state index >= 15 is 0 Å². The number of hydrogen-bond acceptors (Lipinski definition) is 3. The molecule has 0 aromatic heterocycles. The molecule has 1 saturated heterocycles. The molecule has 2 rings (SSSR count). The Morgan fingerprint density at radius 2 is 2.11 bits per heavy atom. The van der Waals surface area contributed by atoms with E-state index in [1.54, 1.807) is 14.1 Å². The van der Waals surface area contributed by atoms with Gasteiger partial charge in [0.15, 0.2) is 5.96 Å². The predicted octanol–water partition coefficient (Wildman–Crippen LogP) is 1.79. The number of likely N-dealkylation sites (N-methyl/N-ethyl adjacent to an activating group) is 1. The maximum absolute atomic E-state index is 13.7. The van der Waals surface area contributed by atoms with Gasteiger partial charge < -0.3 is 20.3 Å². The van der Waals surface area contributed by atoms with Crippen molar-refractivity contribution in [1.29, 1.82) is 0 Å². The third-order valence-corrected chi connectivity index (χ3v) is 4.15. The Bertz CT molecular complexity index is 638. The summed E-state index contributed by atoms with van der Waals surface area (Å²) in [4.78, 5) is 17.5. The zero-order valence-electron chi connectivity index (χ0n) is 15.6. The quantitative estimate of drug-likeness (QED) is 0.344. The van der Waals surface area contributed by atoms with Crippen LogP contribution in [-0.4, -0.2) is 63.7 Å². The summed E-state index contributed by atoms with van der Waals surface area (Å²) < 4.78 is 32.3. The van der Waals surface area contributed by atoms with Crippen molar-refractivity contribution >= 4 is 35.8 Å². The zero-order valence-corrected chi connectivity index (χ0v) is 18.0. The van der Waals surface area contributed by atoms with Gasteiger partial charge in [0.05, 0.1) is 6.61 Å². The molecule has 0 aliphatic carbocycles. The van der Waals surface area contributed by atoms with E-state index < -0.39 is 11.6 Å². The maximum Gasteiger partial charge on any atom is 0.243 e. The fourth-order valence-corrected chi connectivity index (χ4v) is 2.50. The maximum atomic E-state index is 13.7. The van der Waals surface area contributed by atoms with Crippen LogP contribution in [0.15, 0.2) is 23.2 Å². The van der Waals surface area contributed by atoms with Crippen LogP contribution in [0.25, 0.3) is 0 Å². The topological polar surface area (TPSA) is 66.0 Å². The van der Waals surface area contributed by atoms with Gasteiger partial charge in [0.2, 0.25) is 5.91 Å². The van der Waals surface area contributed by atoms with Crippen LogP contribution in [0.4, 0.5) is 8.78 Å². The number of nitrogens with one attached hydrogen (secondary N) is 2. The Morgan fingerprint density at radius 3 is 2.78 bits per heavy atom. The molecule has 0 spiro atoms. The Kier molecular flexibility index (Phi) is 10.5. The highest BCUT2D eigenvalue weighted by molar-refractivity contribution is 14.0. The summed E-state index contributed by atoms with van der Waals surface area (Å²) in [5.41, 5.74) is 0.297. The predicted molar refractivity (Wildman–Crippen MR) is 111 cm³/mol. The molecule has 152 valence electrons. The highest BCUT2D eigenvalue weighted by Crippen LogP contribution is 2.11. The third kappa shape index (κ3) is 8.37. The summed E-state index contributed by atoms with van der Waals surface area (Å²) in [6.07, 6.45) is 1.28. The first-order valence-electron chi connectivity index (χ1n) is 8.69. The lowest BCUT2D eigenvalue weighted by Crippen LogP contribution is -2.41. The number of aliphatic imine (C=N–C) groups is 1. The van der Waals surface area contributed by atoms with Crippen molar-refractivity contribution in [2.75, 3.05) is 46.9 Å². The number of hydrogen-bond donors (Lipinski definition) is 2. The number of ether oxygens (including phenoxy) is 1. The molecular weight excluding hydrogens is 469 g/mol. The van der Waals surface area contributed by atoms with Gasteiger partial charge in [0.25, 0.3) is 0 Å². The van der Waals surface area contributed by atoms with Crippen LogP contribution < -0.4 is 10.6 Å². The molecule has 27 heavy (non-hydrogen) atoms. The molecule has 1 aromatic carbocycles. The Labute approximate surface area is 175 Å². The second kappa shape index (κ2) is 12.1. The van der Waals surface area contributed by atoms with Crippen LogP contribution >= 0.6 is 24.0 Å². The summed E-state index contributed by atoms with van der Waals surface area (Å²) in [6.45, 7) is 2.51. The van der Waals surface area contributed by atoms with E-state index in [-0.39, 0.29) is 36.4 Å². The van der Waals surface area contributed by atoms with E-state index in [1.807, 2.05) is 0 Å². The van der Waals surface area contributed by atoms with Crippen molar-refractivity contribution in [3.8, 4) is 0 Å². The van der Waals surface area contributed by atoms with Crippen LogP contribution in [0.2, 0.25) is 0 Å². The first-order chi connectivity index (χ1) is 12.5. The van der Waals surface area contributed by atoms with Gasteiger partial charge >= 0.3 is 0 Å². The molecule has 9 heteroatoms. The summed E-state index contributed by atoms with van der Waals surface area (Å²) in [7, 11) is 3.34. The molecule has 6 nitrogen and oxygen atoms in total. The van der Waals surface area contributed by atoms with Crippen LogP contribution in [0.1, 0.15) is 12.0 Å². The number of benzene rings is 1. The lowest BCUT2D eigenvalue weighted by Gasteiger charge is -2.16. The Balaban J connectivity index is 0.00000364. The molecule has 1 aliphatic heterocycles. The SMILES string of the molecule is CN(C)C(=O)CN=C(NCCc1cc(F)ccc1F)NCC1CCOC1.I.